The molecule has 6 nitrogen and oxygen atoms in total. The van der Waals surface area contributed by atoms with Crippen LogP contribution >= 0.6 is 0 Å². The van der Waals surface area contributed by atoms with Crippen LogP contribution in [0.25, 0.3) is 5.52 Å². The third-order valence-corrected chi connectivity index (χ3v) is 4.44. The standard InChI is InChI=1S/C19H16F3N3O3/c20-19(21,22)28-14-5-3-4-13(10-14)27-15-8-12(9-15)24-18(26)16-11-23-25-7-2-1-6-17(16)25/h1-7,10-12,15H,8-9H2,(H,24,26)/t12-,15-. The summed E-state index contributed by atoms with van der Waals surface area (Å²) in [6.45, 7) is 0. The fourth-order valence-corrected chi connectivity index (χ4v) is 3.09. The molecule has 0 saturated heterocycles. The average molecular weight is 391 g/mol. The van der Waals surface area contributed by atoms with Crippen LogP contribution in [-0.4, -0.2) is 34.0 Å². The Labute approximate surface area is 157 Å². The number of amides is 1. The predicted molar refractivity (Wildman–Crippen MR) is 93.2 cm³/mol. The lowest BCUT2D eigenvalue weighted by molar-refractivity contribution is -0.274. The van der Waals surface area contributed by atoms with Gasteiger partial charge in [0, 0.05) is 31.1 Å². The van der Waals surface area contributed by atoms with Crippen LogP contribution in [-0.2, 0) is 0 Å². The zero-order chi connectivity index (χ0) is 19.7. The molecule has 0 spiro atoms. The van der Waals surface area contributed by atoms with E-state index in [4.69, 9.17) is 4.74 Å². The Hall–Kier alpha value is -3.23. The van der Waals surface area contributed by atoms with E-state index in [1.807, 2.05) is 18.2 Å². The van der Waals surface area contributed by atoms with Crippen molar-refractivity contribution < 1.29 is 27.4 Å². The van der Waals surface area contributed by atoms with E-state index in [9.17, 15) is 18.0 Å². The lowest BCUT2D eigenvalue weighted by Gasteiger charge is -2.35. The summed E-state index contributed by atoms with van der Waals surface area (Å²) in [5.74, 6) is -0.258. The van der Waals surface area contributed by atoms with Gasteiger partial charge in [-0.1, -0.05) is 12.1 Å². The molecule has 0 bridgehead atoms. The van der Waals surface area contributed by atoms with Crippen LogP contribution in [0.3, 0.4) is 0 Å². The number of carbonyl (C=O) groups is 1. The first-order valence-electron chi connectivity index (χ1n) is 8.63. The highest BCUT2D eigenvalue weighted by Gasteiger charge is 2.33. The number of carbonyl (C=O) groups excluding carboxylic acids is 1. The highest BCUT2D eigenvalue weighted by Crippen LogP contribution is 2.30. The molecule has 146 valence electrons. The molecule has 2 heterocycles. The summed E-state index contributed by atoms with van der Waals surface area (Å²) in [4.78, 5) is 12.4. The number of hydrogen-bond acceptors (Lipinski definition) is 4. The van der Waals surface area contributed by atoms with Gasteiger partial charge in [-0.25, -0.2) is 4.52 Å². The van der Waals surface area contributed by atoms with E-state index in [1.165, 1.54) is 24.4 Å². The Morgan fingerprint density at radius 1 is 1.14 bits per heavy atom. The maximum Gasteiger partial charge on any atom is 0.573 e. The zero-order valence-corrected chi connectivity index (χ0v) is 14.5. The van der Waals surface area contributed by atoms with Gasteiger partial charge in [0.1, 0.15) is 17.6 Å². The van der Waals surface area contributed by atoms with E-state index in [0.29, 0.717) is 29.7 Å². The van der Waals surface area contributed by atoms with Crippen LogP contribution in [0.1, 0.15) is 23.2 Å². The average Bonchev–Trinajstić information content (AvgIpc) is 3.03. The van der Waals surface area contributed by atoms with E-state index in [-0.39, 0.29) is 23.8 Å². The highest BCUT2D eigenvalue weighted by molar-refractivity contribution is 6.00. The fourth-order valence-electron chi connectivity index (χ4n) is 3.09. The lowest BCUT2D eigenvalue weighted by atomic mass is 9.89. The highest BCUT2D eigenvalue weighted by atomic mass is 19.4. The number of rotatable bonds is 5. The molecular formula is C19H16F3N3O3. The number of pyridine rings is 1. The Morgan fingerprint density at radius 2 is 1.93 bits per heavy atom. The molecule has 0 atom stereocenters. The molecule has 1 fully saturated rings. The third kappa shape index (κ3) is 4.03. The van der Waals surface area contributed by atoms with Gasteiger partial charge >= 0.3 is 6.36 Å². The van der Waals surface area contributed by atoms with Crippen molar-refractivity contribution in [1.29, 1.82) is 0 Å². The number of fused-ring (bicyclic) bond motifs is 1. The molecule has 4 rings (SSSR count). The van der Waals surface area contributed by atoms with Gasteiger partial charge in [0.05, 0.1) is 17.3 Å². The number of alkyl halides is 3. The van der Waals surface area contributed by atoms with E-state index >= 15 is 0 Å². The maximum absolute atomic E-state index is 12.4. The molecule has 1 amide bonds. The van der Waals surface area contributed by atoms with Crippen molar-refractivity contribution in [2.45, 2.75) is 31.3 Å². The van der Waals surface area contributed by atoms with Gasteiger partial charge in [-0.05, 0) is 24.3 Å². The van der Waals surface area contributed by atoms with Gasteiger partial charge in [-0.15, -0.1) is 13.2 Å². The van der Waals surface area contributed by atoms with Crippen molar-refractivity contribution in [1.82, 2.24) is 14.9 Å². The molecule has 1 aliphatic rings. The van der Waals surface area contributed by atoms with Crippen molar-refractivity contribution in [3.63, 3.8) is 0 Å². The number of nitrogens with one attached hydrogen (secondary N) is 1. The van der Waals surface area contributed by atoms with Crippen molar-refractivity contribution in [2.24, 2.45) is 0 Å². The summed E-state index contributed by atoms with van der Waals surface area (Å²) in [6.07, 6.45) is -0.526. The van der Waals surface area contributed by atoms with Crippen LogP contribution in [0, 0.1) is 0 Å². The zero-order valence-electron chi connectivity index (χ0n) is 14.5. The SMILES string of the molecule is O=C(N[C@H]1C[C@H](Oc2cccc(OC(F)(F)F)c2)C1)c1cnn2ccccc12. The molecule has 9 heteroatoms. The molecule has 2 aromatic heterocycles. The second-order valence-corrected chi connectivity index (χ2v) is 6.49. The molecule has 1 N–H and O–H groups in total. The quantitative estimate of drug-likeness (QED) is 0.722. The number of ether oxygens (including phenoxy) is 2. The molecular weight excluding hydrogens is 375 g/mol. The van der Waals surface area contributed by atoms with Gasteiger partial charge in [0.25, 0.3) is 5.91 Å². The van der Waals surface area contributed by atoms with Crippen LogP contribution in [0.15, 0.2) is 54.9 Å². The normalized spacial score (nSPS) is 19.1. The van der Waals surface area contributed by atoms with Crippen LogP contribution in [0.5, 0.6) is 11.5 Å². The predicted octanol–water partition coefficient (Wildman–Crippen LogP) is 3.57. The number of nitrogens with zero attached hydrogens (tertiary/aromatic N) is 2. The fraction of sp³-hybridized carbons (Fsp3) is 0.263. The van der Waals surface area contributed by atoms with Crippen LogP contribution in [0.4, 0.5) is 13.2 Å². The first kappa shape index (κ1) is 18.1. The van der Waals surface area contributed by atoms with Gasteiger partial charge in [0.2, 0.25) is 0 Å². The molecule has 3 aromatic rings. The Morgan fingerprint density at radius 3 is 2.71 bits per heavy atom. The minimum absolute atomic E-state index is 0.0641. The van der Waals surface area contributed by atoms with E-state index in [1.54, 1.807) is 16.8 Å². The monoisotopic (exact) mass is 391 g/mol. The number of halogens is 3. The molecule has 0 radical (unpaired) electrons. The smallest absolute Gasteiger partial charge is 0.490 e. The van der Waals surface area contributed by atoms with Crippen LogP contribution in [0.2, 0.25) is 0 Å². The Balaban J connectivity index is 1.30. The number of aromatic nitrogens is 2. The van der Waals surface area contributed by atoms with E-state index < -0.39 is 6.36 Å². The molecule has 1 aliphatic carbocycles. The van der Waals surface area contributed by atoms with Crippen molar-refractivity contribution in [3.05, 3.63) is 60.4 Å². The summed E-state index contributed by atoms with van der Waals surface area (Å²) in [7, 11) is 0. The molecule has 1 aromatic carbocycles. The minimum Gasteiger partial charge on any atom is -0.490 e. The largest absolute Gasteiger partial charge is 0.573 e. The second kappa shape index (κ2) is 7.06. The van der Waals surface area contributed by atoms with E-state index in [0.717, 1.165) is 0 Å². The molecule has 0 unspecified atom stereocenters. The van der Waals surface area contributed by atoms with Crippen molar-refractivity contribution in [2.75, 3.05) is 0 Å². The second-order valence-electron chi connectivity index (χ2n) is 6.49. The van der Waals surface area contributed by atoms with Crippen LogP contribution < -0.4 is 14.8 Å². The maximum atomic E-state index is 12.4. The van der Waals surface area contributed by atoms with E-state index in [2.05, 4.69) is 15.2 Å². The van der Waals surface area contributed by atoms with Crippen molar-refractivity contribution in [3.8, 4) is 11.5 Å². The summed E-state index contributed by atoms with van der Waals surface area (Å²) in [5, 5.41) is 7.06. The summed E-state index contributed by atoms with van der Waals surface area (Å²) < 4.78 is 48.0. The summed E-state index contributed by atoms with van der Waals surface area (Å²) in [6, 6.07) is 10.8. The van der Waals surface area contributed by atoms with Gasteiger partial charge in [-0.2, -0.15) is 5.10 Å². The first-order valence-corrected chi connectivity index (χ1v) is 8.63. The Bertz CT molecular complexity index is 996. The number of hydrogen-bond donors (Lipinski definition) is 1. The number of benzene rings is 1. The topological polar surface area (TPSA) is 64.9 Å². The summed E-state index contributed by atoms with van der Waals surface area (Å²) in [5.41, 5.74) is 1.20. The van der Waals surface area contributed by atoms with Gasteiger partial charge < -0.3 is 14.8 Å². The molecule has 1 saturated carbocycles. The van der Waals surface area contributed by atoms with Gasteiger partial charge in [0.15, 0.2) is 0 Å². The lowest BCUT2D eigenvalue weighted by Crippen LogP contribution is -2.48. The Kier molecular flexibility index (Phi) is 4.58. The van der Waals surface area contributed by atoms with Crippen molar-refractivity contribution >= 4 is 11.4 Å². The first-order chi connectivity index (χ1) is 13.4. The third-order valence-electron chi connectivity index (χ3n) is 4.44. The van der Waals surface area contributed by atoms with Gasteiger partial charge in [-0.3, -0.25) is 4.79 Å². The summed E-state index contributed by atoms with van der Waals surface area (Å²) >= 11 is 0. The molecule has 28 heavy (non-hydrogen) atoms. The molecule has 0 aliphatic heterocycles. The minimum atomic E-state index is -4.75.